The fourth-order valence-corrected chi connectivity index (χ4v) is 2.17. The molecule has 0 aliphatic carbocycles. The SMILES string of the molecule is CC(=O)[C@H](Cc1ccc(Cl)cc1)c1ccc(F)cc1. The Balaban J connectivity index is 2.23. The van der Waals surface area contributed by atoms with Gasteiger partial charge in [-0.05, 0) is 48.7 Å². The van der Waals surface area contributed by atoms with E-state index in [1.165, 1.54) is 12.1 Å². The topological polar surface area (TPSA) is 17.1 Å². The summed E-state index contributed by atoms with van der Waals surface area (Å²) in [6.07, 6.45) is 0.595. The molecular formula is C16H14ClFO. The molecule has 0 aliphatic heterocycles. The van der Waals surface area contributed by atoms with Gasteiger partial charge in [0.15, 0.2) is 0 Å². The average Bonchev–Trinajstić information content (AvgIpc) is 2.39. The molecule has 19 heavy (non-hydrogen) atoms. The first-order valence-electron chi connectivity index (χ1n) is 6.06. The summed E-state index contributed by atoms with van der Waals surface area (Å²) >= 11 is 5.84. The molecule has 98 valence electrons. The van der Waals surface area contributed by atoms with Gasteiger partial charge in [0.1, 0.15) is 11.6 Å². The van der Waals surface area contributed by atoms with Gasteiger partial charge < -0.3 is 0 Å². The van der Waals surface area contributed by atoms with Crippen LogP contribution in [0.1, 0.15) is 24.0 Å². The number of carbonyl (C=O) groups excluding carboxylic acids is 1. The molecule has 2 aromatic carbocycles. The standard InChI is InChI=1S/C16H14ClFO/c1-11(19)16(13-4-8-15(18)9-5-13)10-12-2-6-14(17)7-3-12/h2-9,16H,10H2,1H3/t16-/m0/s1. The van der Waals surface area contributed by atoms with Gasteiger partial charge in [-0.15, -0.1) is 0 Å². The smallest absolute Gasteiger partial charge is 0.137 e. The number of carbonyl (C=O) groups is 1. The van der Waals surface area contributed by atoms with Crippen molar-refractivity contribution in [3.8, 4) is 0 Å². The molecule has 0 aromatic heterocycles. The summed E-state index contributed by atoms with van der Waals surface area (Å²) in [5.74, 6) is -0.471. The summed E-state index contributed by atoms with van der Waals surface area (Å²) in [5, 5.41) is 0.671. The van der Waals surface area contributed by atoms with Crippen LogP contribution in [0, 0.1) is 5.82 Å². The summed E-state index contributed by atoms with van der Waals surface area (Å²) in [7, 11) is 0. The van der Waals surface area contributed by atoms with Crippen LogP contribution >= 0.6 is 11.6 Å². The third kappa shape index (κ3) is 3.65. The van der Waals surface area contributed by atoms with Gasteiger partial charge >= 0.3 is 0 Å². The predicted molar refractivity (Wildman–Crippen MR) is 75.0 cm³/mol. The molecule has 1 atom stereocenters. The van der Waals surface area contributed by atoms with E-state index in [9.17, 15) is 9.18 Å². The molecule has 0 saturated heterocycles. The van der Waals surface area contributed by atoms with E-state index in [4.69, 9.17) is 11.6 Å². The van der Waals surface area contributed by atoms with Crippen molar-refractivity contribution < 1.29 is 9.18 Å². The number of hydrogen-bond donors (Lipinski definition) is 0. The van der Waals surface area contributed by atoms with E-state index < -0.39 is 0 Å². The molecule has 0 aliphatic rings. The monoisotopic (exact) mass is 276 g/mol. The second kappa shape index (κ2) is 5.98. The van der Waals surface area contributed by atoms with Crippen molar-refractivity contribution in [3.05, 3.63) is 70.5 Å². The number of hydrogen-bond acceptors (Lipinski definition) is 1. The van der Waals surface area contributed by atoms with E-state index in [1.807, 2.05) is 12.1 Å². The number of ketones is 1. The van der Waals surface area contributed by atoms with Gasteiger partial charge in [-0.1, -0.05) is 35.9 Å². The van der Waals surface area contributed by atoms with Crippen molar-refractivity contribution in [2.24, 2.45) is 0 Å². The zero-order valence-electron chi connectivity index (χ0n) is 10.6. The van der Waals surface area contributed by atoms with Crippen molar-refractivity contribution in [1.82, 2.24) is 0 Å². The van der Waals surface area contributed by atoms with Crippen LogP contribution in [-0.2, 0) is 11.2 Å². The van der Waals surface area contributed by atoms with Gasteiger partial charge in [0.25, 0.3) is 0 Å². The van der Waals surface area contributed by atoms with Crippen molar-refractivity contribution in [1.29, 1.82) is 0 Å². The summed E-state index contributed by atoms with van der Waals surface area (Å²) in [6, 6.07) is 13.5. The second-order valence-corrected chi connectivity index (χ2v) is 4.98. The molecular weight excluding hydrogens is 263 g/mol. The summed E-state index contributed by atoms with van der Waals surface area (Å²) in [4.78, 5) is 11.8. The van der Waals surface area contributed by atoms with E-state index in [0.717, 1.165) is 11.1 Å². The molecule has 0 unspecified atom stereocenters. The minimum Gasteiger partial charge on any atom is -0.299 e. The normalized spacial score (nSPS) is 12.2. The Bertz CT molecular complexity index is 560. The predicted octanol–water partition coefficient (Wildman–Crippen LogP) is 4.39. The third-order valence-electron chi connectivity index (χ3n) is 3.12. The van der Waals surface area contributed by atoms with Crippen LogP contribution in [0.3, 0.4) is 0 Å². The fraction of sp³-hybridized carbons (Fsp3) is 0.188. The Morgan fingerprint density at radius 1 is 1.11 bits per heavy atom. The van der Waals surface area contributed by atoms with Crippen molar-refractivity contribution >= 4 is 17.4 Å². The van der Waals surface area contributed by atoms with E-state index in [2.05, 4.69) is 0 Å². The molecule has 0 fully saturated rings. The maximum Gasteiger partial charge on any atom is 0.137 e. The first-order valence-corrected chi connectivity index (χ1v) is 6.44. The first-order chi connectivity index (χ1) is 9.06. The average molecular weight is 277 g/mol. The number of Topliss-reactive ketones (excluding diaryl/α,β-unsaturated/α-hetero) is 1. The van der Waals surface area contributed by atoms with Crippen LogP contribution in [-0.4, -0.2) is 5.78 Å². The van der Waals surface area contributed by atoms with Crippen molar-refractivity contribution in [2.45, 2.75) is 19.3 Å². The summed E-state index contributed by atoms with van der Waals surface area (Å²) < 4.78 is 12.9. The number of benzene rings is 2. The van der Waals surface area contributed by atoms with Gasteiger partial charge in [-0.25, -0.2) is 4.39 Å². The molecule has 0 radical (unpaired) electrons. The lowest BCUT2D eigenvalue weighted by atomic mass is 9.89. The van der Waals surface area contributed by atoms with Crippen LogP contribution in [0.4, 0.5) is 4.39 Å². The lowest BCUT2D eigenvalue weighted by molar-refractivity contribution is -0.118. The largest absolute Gasteiger partial charge is 0.299 e. The third-order valence-corrected chi connectivity index (χ3v) is 3.37. The molecule has 0 spiro atoms. The van der Waals surface area contributed by atoms with Gasteiger partial charge in [0, 0.05) is 10.9 Å². The molecule has 0 amide bonds. The highest BCUT2D eigenvalue weighted by Crippen LogP contribution is 2.23. The Kier molecular flexibility index (Phi) is 4.33. The Morgan fingerprint density at radius 3 is 2.21 bits per heavy atom. The van der Waals surface area contributed by atoms with Crippen molar-refractivity contribution in [2.75, 3.05) is 0 Å². The van der Waals surface area contributed by atoms with E-state index in [-0.39, 0.29) is 17.5 Å². The van der Waals surface area contributed by atoms with Crippen LogP contribution < -0.4 is 0 Å². The van der Waals surface area contributed by atoms with Crippen LogP contribution in [0.15, 0.2) is 48.5 Å². The van der Waals surface area contributed by atoms with Crippen LogP contribution in [0.5, 0.6) is 0 Å². The summed E-state index contributed by atoms with van der Waals surface area (Å²) in [6.45, 7) is 1.56. The second-order valence-electron chi connectivity index (χ2n) is 4.55. The Morgan fingerprint density at radius 2 is 1.68 bits per heavy atom. The molecule has 2 rings (SSSR count). The van der Waals surface area contributed by atoms with Crippen LogP contribution in [0.25, 0.3) is 0 Å². The van der Waals surface area contributed by atoms with Crippen LogP contribution in [0.2, 0.25) is 5.02 Å². The van der Waals surface area contributed by atoms with E-state index in [0.29, 0.717) is 11.4 Å². The minimum absolute atomic E-state index is 0.0709. The molecule has 0 N–H and O–H groups in total. The summed E-state index contributed by atoms with van der Waals surface area (Å²) in [5.41, 5.74) is 1.87. The van der Waals surface area contributed by atoms with Gasteiger partial charge in [-0.3, -0.25) is 4.79 Å². The molecule has 3 heteroatoms. The van der Waals surface area contributed by atoms with E-state index in [1.54, 1.807) is 31.2 Å². The maximum atomic E-state index is 12.9. The lowest BCUT2D eigenvalue weighted by Gasteiger charge is -2.14. The molecule has 1 nitrogen and oxygen atoms in total. The minimum atomic E-state index is -0.294. The molecule has 0 bridgehead atoms. The fourth-order valence-electron chi connectivity index (χ4n) is 2.05. The van der Waals surface area contributed by atoms with Crippen molar-refractivity contribution in [3.63, 3.8) is 0 Å². The zero-order chi connectivity index (χ0) is 13.8. The Hall–Kier alpha value is -1.67. The highest BCUT2D eigenvalue weighted by molar-refractivity contribution is 6.30. The zero-order valence-corrected chi connectivity index (χ0v) is 11.3. The maximum absolute atomic E-state index is 12.9. The van der Waals surface area contributed by atoms with Gasteiger partial charge in [0.05, 0.1) is 0 Å². The number of rotatable bonds is 4. The van der Waals surface area contributed by atoms with Gasteiger partial charge in [-0.2, -0.15) is 0 Å². The first kappa shape index (κ1) is 13.8. The van der Waals surface area contributed by atoms with E-state index >= 15 is 0 Å². The highest BCUT2D eigenvalue weighted by atomic mass is 35.5. The molecule has 0 heterocycles. The highest BCUT2D eigenvalue weighted by Gasteiger charge is 2.17. The lowest BCUT2D eigenvalue weighted by Crippen LogP contribution is -2.12. The number of halogens is 2. The quantitative estimate of drug-likeness (QED) is 0.809. The Labute approximate surface area is 117 Å². The molecule has 2 aromatic rings. The van der Waals surface area contributed by atoms with Gasteiger partial charge in [0.2, 0.25) is 0 Å². The molecule has 0 saturated carbocycles.